The highest BCUT2D eigenvalue weighted by Crippen LogP contribution is 2.33. The van der Waals surface area contributed by atoms with Gasteiger partial charge >= 0.3 is 12.1 Å². The molecule has 0 aromatic carbocycles. The molecule has 11 heteroatoms. The largest absolute Gasteiger partial charge is 0.490 e. The van der Waals surface area contributed by atoms with E-state index in [-0.39, 0.29) is 23.8 Å². The number of ether oxygens (including phenoxy) is 1. The summed E-state index contributed by atoms with van der Waals surface area (Å²) in [6, 6.07) is 0. The topological polar surface area (TPSA) is 90.4 Å². The maximum absolute atomic E-state index is 12.6. The van der Waals surface area contributed by atoms with E-state index >= 15 is 0 Å². The van der Waals surface area contributed by atoms with E-state index in [4.69, 9.17) is 14.6 Å². The monoisotopic (exact) mass is 435 g/mol. The Labute approximate surface area is 172 Å². The summed E-state index contributed by atoms with van der Waals surface area (Å²) in [6.07, 6.45) is -0.949. The number of likely N-dealkylation sites (tertiary alicyclic amines) is 3. The molecule has 30 heavy (non-hydrogen) atoms. The maximum atomic E-state index is 12.6. The van der Waals surface area contributed by atoms with Gasteiger partial charge in [-0.25, -0.2) is 4.79 Å². The van der Waals surface area contributed by atoms with Gasteiger partial charge in [-0.2, -0.15) is 13.2 Å². The third kappa shape index (κ3) is 5.42. The molecule has 4 rings (SSSR count). The fourth-order valence-electron chi connectivity index (χ4n) is 4.57. The Kier molecular flexibility index (Phi) is 7.22. The molecule has 170 valence electrons. The molecule has 4 heterocycles. The normalized spacial score (nSPS) is 29.2. The summed E-state index contributed by atoms with van der Waals surface area (Å²) in [5, 5.41) is 7.12. The van der Waals surface area contributed by atoms with Gasteiger partial charge in [0.2, 0.25) is 5.91 Å². The SMILES string of the molecule is O=C(O)C(F)(F)F.O=C1[C@H]2CN(C(=O)[C@H]3CCCO3)C[C@H]2CN1CCN1CCCC1. The third-order valence-corrected chi connectivity index (χ3v) is 6.17. The Morgan fingerprint density at radius 1 is 1.07 bits per heavy atom. The first-order chi connectivity index (χ1) is 14.2. The number of fused-ring (bicyclic) bond motifs is 1. The van der Waals surface area contributed by atoms with Crippen LogP contribution in [0.4, 0.5) is 13.2 Å². The predicted molar refractivity (Wildman–Crippen MR) is 98.5 cm³/mol. The molecular weight excluding hydrogens is 407 g/mol. The van der Waals surface area contributed by atoms with Gasteiger partial charge in [0.05, 0.1) is 5.92 Å². The van der Waals surface area contributed by atoms with E-state index in [9.17, 15) is 22.8 Å². The van der Waals surface area contributed by atoms with Crippen molar-refractivity contribution in [3.8, 4) is 0 Å². The van der Waals surface area contributed by atoms with Crippen molar-refractivity contribution < 1.29 is 37.4 Å². The highest BCUT2D eigenvalue weighted by atomic mass is 19.4. The minimum absolute atomic E-state index is 0.0268. The molecular formula is C19H28F3N3O5. The summed E-state index contributed by atoms with van der Waals surface area (Å²) in [7, 11) is 0. The van der Waals surface area contributed by atoms with Crippen molar-refractivity contribution in [2.75, 3.05) is 52.4 Å². The number of carboxylic acid groups (broad SMARTS) is 1. The number of carbonyl (C=O) groups is 3. The molecule has 0 unspecified atom stereocenters. The highest BCUT2D eigenvalue weighted by molar-refractivity contribution is 5.86. The Morgan fingerprint density at radius 3 is 2.27 bits per heavy atom. The van der Waals surface area contributed by atoms with Crippen LogP contribution in [0.2, 0.25) is 0 Å². The van der Waals surface area contributed by atoms with Crippen LogP contribution in [-0.2, 0) is 19.1 Å². The van der Waals surface area contributed by atoms with Crippen molar-refractivity contribution in [1.82, 2.24) is 14.7 Å². The first-order valence-electron chi connectivity index (χ1n) is 10.4. The van der Waals surface area contributed by atoms with E-state index in [1.807, 2.05) is 9.80 Å². The number of amides is 2. The number of alkyl halides is 3. The van der Waals surface area contributed by atoms with Crippen LogP contribution < -0.4 is 0 Å². The second-order valence-electron chi connectivity index (χ2n) is 8.25. The number of hydrogen-bond donors (Lipinski definition) is 1. The number of aliphatic carboxylic acids is 1. The summed E-state index contributed by atoms with van der Waals surface area (Å²) in [5.74, 6) is -2.04. The molecule has 0 radical (unpaired) electrons. The van der Waals surface area contributed by atoms with E-state index in [2.05, 4.69) is 4.90 Å². The summed E-state index contributed by atoms with van der Waals surface area (Å²) < 4.78 is 37.2. The Hall–Kier alpha value is -1.88. The standard InChI is InChI=1S/C17H27N3O3.C2HF3O2/c21-16-14-12-20(17(22)15-4-3-9-23-15)11-13(14)10-19(16)8-7-18-5-1-2-6-18;3-2(4,5)1(6)7/h13-15H,1-12H2;(H,6,7)/t13-,14+,15-;/m1./s1. The molecule has 1 N–H and O–H groups in total. The van der Waals surface area contributed by atoms with E-state index in [0.717, 1.165) is 39.0 Å². The van der Waals surface area contributed by atoms with Crippen LogP contribution >= 0.6 is 0 Å². The molecule has 2 amide bonds. The number of carboxylic acids is 1. The molecule has 0 aromatic rings. The quantitative estimate of drug-likeness (QED) is 0.703. The van der Waals surface area contributed by atoms with Crippen LogP contribution in [0.15, 0.2) is 0 Å². The molecule has 0 aliphatic carbocycles. The van der Waals surface area contributed by atoms with E-state index in [1.165, 1.54) is 25.9 Å². The molecule has 4 fully saturated rings. The van der Waals surface area contributed by atoms with Crippen molar-refractivity contribution in [1.29, 1.82) is 0 Å². The van der Waals surface area contributed by atoms with Crippen molar-refractivity contribution in [2.24, 2.45) is 11.8 Å². The van der Waals surface area contributed by atoms with Gasteiger partial charge in [0.25, 0.3) is 5.91 Å². The number of rotatable bonds is 4. The molecule has 0 spiro atoms. The molecule has 0 saturated carbocycles. The van der Waals surface area contributed by atoms with Crippen LogP contribution in [0.1, 0.15) is 25.7 Å². The minimum Gasteiger partial charge on any atom is -0.475 e. The summed E-state index contributed by atoms with van der Waals surface area (Å²) in [6.45, 7) is 7.07. The molecule has 8 nitrogen and oxygen atoms in total. The molecule has 4 aliphatic rings. The van der Waals surface area contributed by atoms with Gasteiger partial charge in [0.15, 0.2) is 0 Å². The van der Waals surface area contributed by atoms with Crippen molar-refractivity contribution in [2.45, 2.75) is 38.0 Å². The van der Waals surface area contributed by atoms with Gasteiger partial charge in [-0.3, -0.25) is 9.59 Å². The van der Waals surface area contributed by atoms with Gasteiger partial charge in [0.1, 0.15) is 6.10 Å². The van der Waals surface area contributed by atoms with E-state index in [0.29, 0.717) is 19.1 Å². The lowest BCUT2D eigenvalue weighted by molar-refractivity contribution is -0.192. The predicted octanol–water partition coefficient (Wildman–Crippen LogP) is 0.811. The lowest BCUT2D eigenvalue weighted by Gasteiger charge is -2.25. The van der Waals surface area contributed by atoms with Gasteiger partial charge in [0, 0.05) is 45.2 Å². The minimum atomic E-state index is -5.08. The fraction of sp³-hybridized carbons (Fsp3) is 0.842. The molecule has 0 aromatic heterocycles. The van der Waals surface area contributed by atoms with Crippen LogP contribution in [-0.4, -0.2) is 102 Å². The van der Waals surface area contributed by atoms with Crippen LogP contribution in [0.5, 0.6) is 0 Å². The average Bonchev–Trinajstić information content (AvgIpc) is 3.47. The Morgan fingerprint density at radius 2 is 1.73 bits per heavy atom. The van der Waals surface area contributed by atoms with Crippen molar-refractivity contribution >= 4 is 17.8 Å². The summed E-state index contributed by atoms with van der Waals surface area (Å²) in [5.41, 5.74) is 0. The van der Waals surface area contributed by atoms with Crippen LogP contribution in [0.25, 0.3) is 0 Å². The zero-order chi connectivity index (χ0) is 21.9. The number of halogens is 3. The fourth-order valence-corrected chi connectivity index (χ4v) is 4.57. The zero-order valence-electron chi connectivity index (χ0n) is 16.8. The average molecular weight is 435 g/mol. The van der Waals surface area contributed by atoms with Gasteiger partial charge in [-0.1, -0.05) is 0 Å². The van der Waals surface area contributed by atoms with Crippen molar-refractivity contribution in [3.63, 3.8) is 0 Å². The van der Waals surface area contributed by atoms with Gasteiger partial charge in [-0.05, 0) is 38.8 Å². The maximum Gasteiger partial charge on any atom is 0.490 e. The third-order valence-electron chi connectivity index (χ3n) is 6.17. The van der Waals surface area contributed by atoms with Gasteiger partial charge in [-0.15, -0.1) is 0 Å². The van der Waals surface area contributed by atoms with Crippen molar-refractivity contribution in [3.05, 3.63) is 0 Å². The molecule has 3 atom stereocenters. The number of hydrogen-bond acceptors (Lipinski definition) is 5. The second-order valence-corrected chi connectivity index (χ2v) is 8.25. The summed E-state index contributed by atoms with van der Waals surface area (Å²) in [4.78, 5) is 40.3. The number of nitrogens with zero attached hydrogens (tertiary/aromatic N) is 3. The van der Waals surface area contributed by atoms with E-state index in [1.54, 1.807) is 0 Å². The lowest BCUT2D eigenvalue weighted by atomic mass is 10.0. The second kappa shape index (κ2) is 9.51. The first kappa shape index (κ1) is 22.8. The van der Waals surface area contributed by atoms with Crippen LogP contribution in [0.3, 0.4) is 0 Å². The highest BCUT2D eigenvalue weighted by Gasteiger charge is 2.48. The van der Waals surface area contributed by atoms with E-state index < -0.39 is 12.1 Å². The van der Waals surface area contributed by atoms with Crippen LogP contribution in [0, 0.1) is 11.8 Å². The molecule has 4 saturated heterocycles. The molecule has 4 aliphatic heterocycles. The smallest absolute Gasteiger partial charge is 0.475 e. The lowest BCUT2D eigenvalue weighted by Crippen LogP contribution is -2.41. The summed E-state index contributed by atoms with van der Waals surface area (Å²) >= 11 is 0. The van der Waals surface area contributed by atoms with Gasteiger partial charge < -0.3 is 24.5 Å². The Bertz CT molecular complexity index is 648. The Balaban J connectivity index is 0.000000318. The first-order valence-corrected chi connectivity index (χ1v) is 10.4. The molecule has 0 bridgehead atoms. The zero-order valence-corrected chi connectivity index (χ0v) is 16.8. The number of carbonyl (C=O) groups excluding carboxylic acids is 2.